The summed E-state index contributed by atoms with van der Waals surface area (Å²) in [4.78, 5) is 16.4. The van der Waals surface area contributed by atoms with E-state index in [-0.39, 0.29) is 11.4 Å². The molecule has 1 aliphatic carbocycles. The lowest BCUT2D eigenvalue weighted by Crippen LogP contribution is -2.35. The maximum Gasteiger partial charge on any atom is 0.261 e. The first-order valence-corrected chi connectivity index (χ1v) is 11.8. The highest BCUT2D eigenvalue weighted by Crippen LogP contribution is 2.43. The monoisotopic (exact) mass is 462 g/mol. The number of hydrogen-bond acceptors (Lipinski definition) is 2. The summed E-state index contributed by atoms with van der Waals surface area (Å²) in [5, 5.41) is 0. The van der Waals surface area contributed by atoms with Gasteiger partial charge in [0, 0.05) is 23.7 Å². The summed E-state index contributed by atoms with van der Waals surface area (Å²) in [5.74, 6) is -1.47. The number of carbonyl (C=O) groups excluding carboxylic acids is 1. The molecule has 3 nitrogen and oxygen atoms in total. The van der Waals surface area contributed by atoms with Crippen molar-refractivity contribution in [2.75, 3.05) is 31.6 Å². The van der Waals surface area contributed by atoms with Gasteiger partial charge in [-0.15, -0.1) is 0 Å². The average Bonchev–Trinajstić information content (AvgIpc) is 3.53. The predicted molar refractivity (Wildman–Crippen MR) is 129 cm³/mol. The Balaban J connectivity index is 0.000000320. The van der Waals surface area contributed by atoms with Crippen molar-refractivity contribution in [3.05, 3.63) is 65.0 Å². The molecule has 1 atom stereocenters. The fourth-order valence-corrected chi connectivity index (χ4v) is 3.43. The van der Waals surface area contributed by atoms with E-state index in [0.717, 1.165) is 36.7 Å². The molecular formula is C27H37F3N2O. The maximum absolute atomic E-state index is 13.9. The minimum absolute atomic E-state index is 0.193. The zero-order valence-corrected chi connectivity index (χ0v) is 20.7. The van der Waals surface area contributed by atoms with Gasteiger partial charge >= 0.3 is 0 Å². The lowest BCUT2D eigenvalue weighted by Gasteiger charge is -2.24. The van der Waals surface area contributed by atoms with Crippen LogP contribution in [-0.2, 0) is 5.41 Å². The van der Waals surface area contributed by atoms with Crippen molar-refractivity contribution in [3.63, 3.8) is 0 Å². The molecule has 1 unspecified atom stereocenters. The van der Waals surface area contributed by atoms with Crippen molar-refractivity contribution in [2.45, 2.75) is 59.3 Å². The van der Waals surface area contributed by atoms with E-state index in [1.54, 1.807) is 0 Å². The van der Waals surface area contributed by atoms with E-state index in [9.17, 15) is 18.0 Å². The summed E-state index contributed by atoms with van der Waals surface area (Å²) in [7, 11) is 2.11. The van der Waals surface area contributed by atoms with Crippen LogP contribution < -0.4 is 4.90 Å². The normalized spacial score (nSPS) is 18.8. The van der Waals surface area contributed by atoms with Crippen LogP contribution in [0.25, 0.3) is 0 Å². The Morgan fingerprint density at radius 2 is 1.58 bits per heavy atom. The molecule has 4 rings (SSSR count). The molecule has 1 saturated carbocycles. The van der Waals surface area contributed by atoms with E-state index >= 15 is 0 Å². The molecule has 1 fully saturated rings. The number of hydrogen-bond donors (Lipinski definition) is 0. The summed E-state index contributed by atoms with van der Waals surface area (Å²) < 4.78 is 40.6. The minimum atomic E-state index is -0.899. The van der Waals surface area contributed by atoms with Gasteiger partial charge in [0.25, 0.3) is 5.91 Å². The number of halogens is 3. The zero-order valence-electron chi connectivity index (χ0n) is 20.7. The molecule has 0 aromatic heterocycles. The Hall–Kier alpha value is -2.34. The molecule has 0 N–H and O–H groups in total. The molecule has 1 heterocycles. The first-order valence-electron chi connectivity index (χ1n) is 11.8. The van der Waals surface area contributed by atoms with Crippen LogP contribution in [0.4, 0.5) is 18.9 Å². The standard InChI is InChI=1S/C18H16F3NO.C5H13N.C4H8/c1-3-18(2)10-22(16-7-5-11(19)8-14(16)18)17(23)13-6-4-12(20)9-15(13)21;1-4-6(3)5-2;1-4-2-3-4/h4-9H,3,10H2,1-2H3;4-5H2,1-3H3;4H,2-3H2,1H3. The first-order chi connectivity index (χ1) is 15.6. The van der Waals surface area contributed by atoms with E-state index < -0.39 is 23.0 Å². The van der Waals surface area contributed by atoms with Gasteiger partial charge in [-0.25, -0.2) is 13.2 Å². The number of benzene rings is 2. The highest BCUT2D eigenvalue weighted by atomic mass is 19.1. The largest absolute Gasteiger partial charge is 0.307 e. The van der Waals surface area contributed by atoms with Crippen LogP contribution in [-0.4, -0.2) is 37.5 Å². The summed E-state index contributed by atoms with van der Waals surface area (Å²) in [6.07, 6.45) is 3.68. The topological polar surface area (TPSA) is 23.6 Å². The summed E-state index contributed by atoms with van der Waals surface area (Å²) in [6.45, 7) is 13.2. The van der Waals surface area contributed by atoms with Crippen molar-refractivity contribution < 1.29 is 18.0 Å². The Kier molecular flexibility index (Phi) is 9.53. The second kappa shape index (κ2) is 11.7. The van der Waals surface area contributed by atoms with Gasteiger partial charge < -0.3 is 9.80 Å². The van der Waals surface area contributed by atoms with Crippen molar-refractivity contribution in [2.24, 2.45) is 5.92 Å². The third kappa shape index (κ3) is 7.07. The number of anilines is 1. The molecule has 1 aliphatic heterocycles. The molecule has 2 aliphatic rings. The number of nitrogens with zero attached hydrogens (tertiary/aromatic N) is 2. The lowest BCUT2D eigenvalue weighted by atomic mass is 9.82. The smallest absolute Gasteiger partial charge is 0.261 e. The molecule has 0 radical (unpaired) electrons. The molecule has 6 heteroatoms. The van der Waals surface area contributed by atoms with Gasteiger partial charge in [0.1, 0.15) is 17.5 Å². The third-order valence-electron chi connectivity index (χ3n) is 6.54. The molecule has 182 valence electrons. The maximum atomic E-state index is 13.9. The van der Waals surface area contributed by atoms with Crippen LogP contribution in [0.1, 0.15) is 69.8 Å². The van der Waals surface area contributed by atoms with Crippen LogP contribution in [0.15, 0.2) is 36.4 Å². The van der Waals surface area contributed by atoms with Gasteiger partial charge in [0.05, 0.1) is 5.56 Å². The number of fused-ring (bicyclic) bond motifs is 1. The molecule has 2 aromatic carbocycles. The van der Waals surface area contributed by atoms with Crippen molar-refractivity contribution in [1.29, 1.82) is 0 Å². The Labute approximate surface area is 196 Å². The molecule has 2 aromatic rings. The Bertz CT molecular complexity index is 941. The van der Waals surface area contributed by atoms with E-state index in [1.807, 2.05) is 13.8 Å². The van der Waals surface area contributed by atoms with Crippen LogP contribution in [0.2, 0.25) is 0 Å². The molecule has 0 spiro atoms. The summed E-state index contributed by atoms with van der Waals surface area (Å²) in [6, 6.07) is 7.11. The minimum Gasteiger partial charge on any atom is -0.307 e. The van der Waals surface area contributed by atoms with Gasteiger partial charge in [-0.05, 0) is 68.4 Å². The number of rotatable bonds is 4. The van der Waals surface area contributed by atoms with E-state index in [2.05, 4.69) is 32.7 Å². The fraction of sp³-hybridized carbons (Fsp3) is 0.519. The molecule has 33 heavy (non-hydrogen) atoms. The average molecular weight is 463 g/mol. The second-order valence-corrected chi connectivity index (χ2v) is 9.26. The van der Waals surface area contributed by atoms with Crippen LogP contribution in [0.5, 0.6) is 0 Å². The quantitative estimate of drug-likeness (QED) is 0.498. The Morgan fingerprint density at radius 1 is 1.03 bits per heavy atom. The molecule has 0 bridgehead atoms. The lowest BCUT2D eigenvalue weighted by molar-refractivity contribution is 0.0981. The molecule has 0 saturated heterocycles. The fourth-order valence-electron chi connectivity index (χ4n) is 3.43. The van der Waals surface area contributed by atoms with Crippen molar-refractivity contribution >= 4 is 11.6 Å². The van der Waals surface area contributed by atoms with Gasteiger partial charge in [0.15, 0.2) is 0 Å². The van der Waals surface area contributed by atoms with Crippen molar-refractivity contribution in [3.8, 4) is 0 Å². The highest BCUT2D eigenvalue weighted by Gasteiger charge is 2.41. The molecular weight excluding hydrogens is 425 g/mol. The second-order valence-electron chi connectivity index (χ2n) is 9.26. The van der Waals surface area contributed by atoms with Crippen LogP contribution in [0.3, 0.4) is 0 Å². The van der Waals surface area contributed by atoms with Gasteiger partial charge in [-0.1, -0.05) is 47.5 Å². The molecule has 1 amide bonds. The van der Waals surface area contributed by atoms with Crippen LogP contribution >= 0.6 is 0 Å². The van der Waals surface area contributed by atoms with E-state index in [1.165, 1.54) is 35.9 Å². The Morgan fingerprint density at radius 3 is 2.03 bits per heavy atom. The highest BCUT2D eigenvalue weighted by molar-refractivity contribution is 6.07. The SMILES string of the molecule is CC1CC1.CCC1(C)CN(C(=O)c2ccc(F)cc2F)c2ccc(F)cc21.CCN(C)CC. The van der Waals surface area contributed by atoms with Gasteiger partial charge in [-0.2, -0.15) is 0 Å². The van der Waals surface area contributed by atoms with Gasteiger partial charge in [-0.3, -0.25) is 4.79 Å². The zero-order chi connectivity index (χ0) is 24.8. The predicted octanol–water partition coefficient (Wildman–Crippen LogP) is 6.81. The van der Waals surface area contributed by atoms with E-state index in [4.69, 9.17) is 0 Å². The third-order valence-corrected chi connectivity index (χ3v) is 6.54. The van der Waals surface area contributed by atoms with Crippen molar-refractivity contribution in [1.82, 2.24) is 4.90 Å². The number of amides is 1. The van der Waals surface area contributed by atoms with Gasteiger partial charge in [0.2, 0.25) is 0 Å². The van der Waals surface area contributed by atoms with E-state index in [0.29, 0.717) is 24.7 Å². The summed E-state index contributed by atoms with van der Waals surface area (Å²) in [5.41, 5.74) is 0.714. The number of carbonyl (C=O) groups is 1. The van der Waals surface area contributed by atoms with Crippen LogP contribution in [0, 0.1) is 23.4 Å². The first kappa shape index (κ1) is 26.9. The summed E-state index contributed by atoms with van der Waals surface area (Å²) >= 11 is 0.